The van der Waals surface area contributed by atoms with E-state index < -0.39 is 0 Å². The molecule has 0 spiro atoms. The summed E-state index contributed by atoms with van der Waals surface area (Å²) in [5.74, 6) is 3.23. The van der Waals surface area contributed by atoms with Crippen LogP contribution < -0.4 is 10.6 Å². The van der Waals surface area contributed by atoms with E-state index in [1.807, 2.05) is 0 Å². The van der Waals surface area contributed by atoms with Crippen molar-refractivity contribution in [3.05, 3.63) is 0 Å². The summed E-state index contributed by atoms with van der Waals surface area (Å²) in [7, 11) is 0. The molecule has 0 aromatic carbocycles. The fourth-order valence-corrected chi connectivity index (χ4v) is 6.42. The Bertz CT molecular complexity index is 472. The van der Waals surface area contributed by atoms with Gasteiger partial charge in [0.05, 0.1) is 6.54 Å². The van der Waals surface area contributed by atoms with Gasteiger partial charge in [-0.2, -0.15) is 0 Å². The highest BCUT2D eigenvalue weighted by Gasteiger charge is 2.54. The molecule has 0 heterocycles. The van der Waals surface area contributed by atoms with E-state index in [9.17, 15) is 9.59 Å². The first-order valence-corrected chi connectivity index (χ1v) is 10.1. The molecule has 5 aliphatic carbocycles. The van der Waals surface area contributed by atoms with Gasteiger partial charge in [0.25, 0.3) is 0 Å². The van der Waals surface area contributed by atoms with Crippen molar-refractivity contribution in [2.24, 2.45) is 29.1 Å². The normalized spacial score (nSPS) is 43.5. The molecule has 0 atom stereocenters. The number of hydrogen-bond donors (Lipinski definition) is 2. The van der Waals surface area contributed by atoms with Crippen LogP contribution in [0.2, 0.25) is 0 Å². The highest BCUT2D eigenvalue weighted by molar-refractivity contribution is 5.88. The van der Waals surface area contributed by atoms with Gasteiger partial charge in [-0.1, -0.05) is 6.92 Å². The number of amides is 2. The molecule has 4 bridgehead atoms. The van der Waals surface area contributed by atoms with Crippen LogP contribution in [0, 0.1) is 29.1 Å². The van der Waals surface area contributed by atoms with E-state index in [2.05, 4.69) is 17.6 Å². The van der Waals surface area contributed by atoms with Crippen LogP contribution in [0.4, 0.5) is 0 Å². The van der Waals surface area contributed by atoms with E-state index >= 15 is 0 Å². The minimum Gasteiger partial charge on any atom is -0.352 e. The van der Waals surface area contributed by atoms with Crippen LogP contribution in [0.5, 0.6) is 0 Å². The Morgan fingerprint density at radius 1 is 0.917 bits per heavy atom. The molecule has 0 radical (unpaired) electrons. The molecular weight excluding hydrogens is 300 g/mol. The van der Waals surface area contributed by atoms with Crippen molar-refractivity contribution in [3.8, 4) is 0 Å². The van der Waals surface area contributed by atoms with Crippen molar-refractivity contribution in [1.29, 1.82) is 0 Å². The van der Waals surface area contributed by atoms with Crippen LogP contribution in [-0.4, -0.2) is 24.4 Å². The zero-order valence-corrected chi connectivity index (χ0v) is 15.0. The Morgan fingerprint density at radius 2 is 1.46 bits per heavy atom. The zero-order chi connectivity index (χ0) is 16.7. The lowest BCUT2D eigenvalue weighted by molar-refractivity contribution is -0.147. The Labute approximate surface area is 145 Å². The van der Waals surface area contributed by atoms with Crippen molar-refractivity contribution >= 4 is 11.8 Å². The summed E-state index contributed by atoms with van der Waals surface area (Å²) in [5, 5.41) is 6.10. The van der Waals surface area contributed by atoms with Crippen LogP contribution >= 0.6 is 0 Å². The average molecular weight is 332 g/mol. The summed E-state index contributed by atoms with van der Waals surface area (Å²) in [6.07, 6.45) is 11.8. The number of rotatable bonds is 4. The fourth-order valence-electron chi connectivity index (χ4n) is 6.42. The lowest BCUT2D eigenvalue weighted by atomic mass is 9.49. The maximum Gasteiger partial charge on any atom is 0.239 e. The molecule has 5 rings (SSSR count). The molecule has 5 saturated carbocycles. The molecule has 24 heavy (non-hydrogen) atoms. The van der Waals surface area contributed by atoms with Gasteiger partial charge in [-0.15, -0.1) is 0 Å². The van der Waals surface area contributed by atoms with E-state index in [1.165, 1.54) is 32.1 Å². The third kappa shape index (κ3) is 3.21. The first-order valence-electron chi connectivity index (χ1n) is 10.1. The van der Waals surface area contributed by atoms with Gasteiger partial charge in [0.1, 0.15) is 0 Å². The predicted molar refractivity (Wildman–Crippen MR) is 93.2 cm³/mol. The zero-order valence-electron chi connectivity index (χ0n) is 15.0. The van der Waals surface area contributed by atoms with E-state index in [1.54, 1.807) is 0 Å². The Morgan fingerprint density at radius 3 is 2.00 bits per heavy atom. The molecule has 5 fully saturated rings. The molecule has 2 N–H and O–H groups in total. The second kappa shape index (κ2) is 6.34. The maximum absolute atomic E-state index is 12.8. The van der Waals surface area contributed by atoms with Gasteiger partial charge in [0, 0.05) is 11.5 Å². The monoisotopic (exact) mass is 332 g/mol. The van der Waals surface area contributed by atoms with Crippen LogP contribution in [-0.2, 0) is 9.59 Å². The summed E-state index contributed by atoms with van der Waals surface area (Å²) in [6.45, 7) is 2.44. The van der Waals surface area contributed by atoms with Gasteiger partial charge >= 0.3 is 0 Å². The summed E-state index contributed by atoms with van der Waals surface area (Å²) in [6, 6.07) is 0.310. The summed E-state index contributed by atoms with van der Waals surface area (Å²) in [5.41, 5.74) is -0.144. The van der Waals surface area contributed by atoms with E-state index in [0.29, 0.717) is 6.04 Å². The summed E-state index contributed by atoms with van der Waals surface area (Å²) < 4.78 is 0. The molecule has 2 amide bonds. The highest BCUT2D eigenvalue weighted by atomic mass is 16.2. The Hall–Kier alpha value is -1.06. The third-order valence-corrected chi connectivity index (χ3v) is 7.31. The Kier molecular flexibility index (Phi) is 4.34. The Balaban J connectivity index is 1.27. The molecule has 134 valence electrons. The standard InChI is InChI=1S/C20H32N2O2/c1-13-2-4-17(5-3-13)22-18(23)12-21-19(24)20-9-14-6-15(10-20)8-16(7-14)11-20/h13-17H,2-12H2,1H3,(H,21,24)(H,22,23). The molecule has 4 heteroatoms. The van der Waals surface area contributed by atoms with Crippen molar-refractivity contribution < 1.29 is 9.59 Å². The summed E-state index contributed by atoms with van der Waals surface area (Å²) >= 11 is 0. The van der Waals surface area contributed by atoms with E-state index in [4.69, 9.17) is 0 Å². The number of carbonyl (C=O) groups is 2. The topological polar surface area (TPSA) is 58.2 Å². The van der Waals surface area contributed by atoms with Crippen molar-refractivity contribution in [3.63, 3.8) is 0 Å². The van der Waals surface area contributed by atoms with Crippen LogP contribution in [0.1, 0.15) is 71.1 Å². The first kappa shape index (κ1) is 16.4. The molecule has 4 nitrogen and oxygen atoms in total. The van der Waals surface area contributed by atoms with Crippen LogP contribution in [0.3, 0.4) is 0 Å². The predicted octanol–water partition coefficient (Wildman–Crippen LogP) is 3.01. The highest BCUT2D eigenvalue weighted by Crippen LogP contribution is 2.60. The number of nitrogens with one attached hydrogen (secondary N) is 2. The lowest BCUT2D eigenvalue weighted by Gasteiger charge is -2.55. The van der Waals surface area contributed by atoms with Crippen LogP contribution in [0.15, 0.2) is 0 Å². The minimum atomic E-state index is -0.144. The number of hydrogen-bond acceptors (Lipinski definition) is 2. The number of carbonyl (C=O) groups excluding carboxylic acids is 2. The largest absolute Gasteiger partial charge is 0.352 e. The van der Waals surface area contributed by atoms with E-state index in [-0.39, 0.29) is 23.8 Å². The molecule has 0 aromatic rings. The van der Waals surface area contributed by atoms with Gasteiger partial charge in [0.15, 0.2) is 0 Å². The van der Waals surface area contributed by atoms with Gasteiger partial charge in [-0.25, -0.2) is 0 Å². The first-order chi connectivity index (χ1) is 11.5. The molecule has 5 aliphatic rings. The van der Waals surface area contributed by atoms with Gasteiger partial charge in [-0.05, 0) is 87.9 Å². The second-order valence-electron chi connectivity index (χ2n) is 9.40. The quantitative estimate of drug-likeness (QED) is 0.831. The average Bonchev–Trinajstić information content (AvgIpc) is 2.53. The smallest absolute Gasteiger partial charge is 0.239 e. The minimum absolute atomic E-state index is 0.00682. The molecule has 0 unspecified atom stereocenters. The SMILES string of the molecule is CC1CCC(NC(=O)CNC(=O)C23CC4CC(CC(C4)C2)C3)CC1. The molecular formula is C20H32N2O2. The van der Waals surface area contributed by atoms with Gasteiger partial charge in [-0.3, -0.25) is 9.59 Å². The van der Waals surface area contributed by atoms with Crippen molar-refractivity contribution in [2.75, 3.05) is 6.54 Å². The third-order valence-electron chi connectivity index (χ3n) is 7.31. The summed E-state index contributed by atoms with van der Waals surface area (Å²) in [4.78, 5) is 25.0. The molecule has 0 saturated heterocycles. The van der Waals surface area contributed by atoms with Crippen LogP contribution in [0.25, 0.3) is 0 Å². The van der Waals surface area contributed by atoms with Gasteiger partial charge in [0.2, 0.25) is 11.8 Å². The fraction of sp³-hybridized carbons (Fsp3) is 0.900. The second-order valence-corrected chi connectivity index (χ2v) is 9.40. The molecule has 0 aromatic heterocycles. The maximum atomic E-state index is 12.8. The molecule has 0 aliphatic heterocycles. The van der Waals surface area contributed by atoms with E-state index in [0.717, 1.165) is 55.8 Å². The van der Waals surface area contributed by atoms with Crippen molar-refractivity contribution in [1.82, 2.24) is 10.6 Å². The van der Waals surface area contributed by atoms with Gasteiger partial charge < -0.3 is 10.6 Å². The lowest BCUT2D eigenvalue weighted by Crippen LogP contribution is -2.55. The van der Waals surface area contributed by atoms with Crippen molar-refractivity contribution in [2.45, 2.75) is 77.2 Å².